The predicted octanol–water partition coefficient (Wildman–Crippen LogP) is 5.07. The second-order valence-corrected chi connectivity index (χ2v) is 7.40. The second kappa shape index (κ2) is 7.56. The monoisotopic (exact) mass is 390 g/mol. The van der Waals surface area contributed by atoms with Crippen molar-refractivity contribution >= 4 is 11.8 Å². The largest absolute Gasteiger partial charge is 0.497 e. The number of hydrogen-bond donors (Lipinski definition) is 0. The zero-order valence-electron chi connectivity index (χ0n) is 16.4. The molecule has 4 rings (SSSR count). The number of rotatable bonds is 5. The summed E-state index contributed by atoms with van der Waals surface area (Å²) >= 11 is 1.63. The smallest absolute Gasteiger partial charge is 0.143 e. The van der Waals surface area contributed by atoms with E-state index in [1.807, 2.05) is 40.2 Å². The number of ether oxygens (including phenoxy) is 1. The van der Waals surface area contributed by atoms with E-state index in [0.29, 0.717) is 0 Å². The summed E-state index contributed by atoms with van der Waals surface area (Å²) in [5, 5.41) is 5.92. The number of methoxy groups -OCH3 is 1. The van der Waals surface area contributed by atoms with Crippen LogP contribution in [0.15, 0.2) is 66.2 Å². The summed E-state index contributed by atoms with van der Waals surface area (Å²) in [6, 6.07) is 14.5. The highest BCUT2D eigenvalue weighted by Crippen LogP contribution is 2.37. The third-order valence-corrected chi connectivity index (χ3v) is 5.40. The van der Waals surface area contributed by atoms with E-state index in [2.05, 4.69) is 49.2 Å². The Balaban J connectivity index is 2.04. The molecule has 0 spiro atoms. The Labute approximate surface area is 169 Å². The fraction of sp³-hybridized carbons (Fsp3) is 0.182. The summed E-state index contributed by atoms with van der Waals surface area (Å²) < 4.78 is 9.42. The van der Waals surface area contributed by atoms with E-state index in [4.69, 9.17) is 9.84 Å². The Morgan fingerprint density at radius 2 is 1.82 bits per heavy atom. The fourth-order valence-corrected chi connectivity index (χ4v) is 3.84. The SMILES string of the molecule is COc1ccc(-c2c(-n3ccnc3)c(SC)nn2-c2cc(C)ccc2C)cc1. The zero-order chi connectivity index (χ0) is 19.7. The van der Waals surface area contributed by atoms with Crippen LogP contribution in [-0.4, -0.2) is 32.7 Å². The van der Waals surface area contributed by atoms with Crippen LogP contribution in [0.25, 0.3) is 22.6 Å². The lowest BCUT2D eigenvalue weighted by Crippen LogP contribution is -2.03. The van der Waals surface area contributed by atoms with Crippen LogP contribution < -0.4 is 4.74 Å². The van der Waals surface area contributed by atoms with Crippen molar-refractivity contribution in [3.8, 4) is 28.4 Å². The minimum Gasteiger partial charge on any atom is -0.497 e. The van der Waals surface area contributed by atoms with Gasteiger partial charge in [0.25, 0.3) is 0 Å². The Morgan fingerprint density at radius 1 is 1.04 bits per heavy atom. The van der Waals surface area contributed by atoms with Crippen LogP contribution in [0.4, 0.5) is 0 Å². The summed E-state index contributed by atoms with van der Waals surface area (Å²) in [7, 11) is 1.68. The molecular formula is C22H22N4OS. The molecule has 0 bridgehead atoms. The Hall–Kier alpha value is -2.99. The van der Waals surface area contributed by atoms with Gasteiger partial charge in [-0.15, -0.1) is 11.8 Å². The molecule has 2 aromatic heterocycles. The number of aromatic nitrogens is 4. The third kappa shape index (κ3) is 3.20. The topological polar surface area (TPSA) is 44.9 Å². The van der Waals surface area contributed by atoms with Crippen molar-refractivity contribution in [1.29, 1.82) is 0 Å². The molecular weight excluding hydrogens is 368 g/mol. The highest BCUT2D eigenvalue weighted by molar-refractivity contribution is 7.98. The van der Waals surface area contributed by atoms with E-state index in [9.17, 15) is 0 Å². The standard InChI is InChI=1S/C22H22N4OS/c1-15-5-6-16(2)19(13-15)26-20(17-7-9-18(27-3)10-8-17)21(22(24-26)28-4)25-12-11-23-14-25/h5-14H,1-4H3. The van der Waals surface area contributed by atoms with Crippen LogP contribution in [0.5, 0.6) is 5.75 Å². The Bertz CT molecular complexity index is 1100. The number of benzene rings is 2. The summed E-state index contributed by atoms with van der Waals surface area (Å²) in [6.45, 7) is 4.22. The number of aryl methyl sites for hydroxylation is 2. The molecule has 0 aliphatic carbocycles. The van der Waals surface area contributed by atoms with Gasteiger partial charge in [0.15, 0.2) is 0 Å². The van der Waals surface area contributed by atoms with Crippen molar-refractivity contribution in [2.75, 3.05) is 13.4 Å². The van der Waals surface area contributed by atoms with Gasteiger partial charge in [-0.3, -0.25) is 0 Å². The summed E-state index contributed by atoms with van der Waals surface area (Å²) in [4.78, 5) is 4.25. The molecule has 0 aliphatic rings. The van der Waals surface area contributed by atoms with Crippen molar-refractivity contribution in [2.45, 2.75) is 18.9 Å². The molecule has 0 amide bonds. The molecule has 0 unspecified atom stereocenters. The molecule has 0 atom stereocenters. The minimum atomic E-state index is 0.829. The molecule has 28 heavy (non-hydrogen) atoms. The van der Waals surface area contributed by atoms with Gasteiger partial charge in [-0.2, -0.15) is 5.10 Å². The lowest BCUT2D eigenvalue weighted by molar-refractivity contribution is 0.415. The van der Waals surface area contributed by atoms with Gasteiger partial charge in [0, 0.05) is 18.0 Å². The number of thioether (sulfide) groups is 1. The first kappa shape index (κ1) is 18.4. The normalized spacial score (nSPS) is 11.0. The van der Waals surface area contributed by atoms with Gasteiger partial charge in [0.1, 0.15) is 16.5 Å². The first-order chi connectivity index (χ1) is 13.6. The minimum absolute atomic E-state index is 0.829. The summed E-state index contributed by atoms with van der Waals surface area (Å²) in [5.41, 5.74) is 6.57. The molecule has 5 nitrogen and oxygen atoms in total. The van der Waals surface area contributed by atoms with Crippen molar-refractivity contribution in [3.63, 3.8) is 0 Å². The Kier molecular flexibility index (Phi) is 4.96. The molecule has 0 saturated heterocycles. The fourth-order valence-electron chi connectivity index (χ4n) is 3.28. The first-order valence-electron chi connectivity index (χ1n) is 8.99. The van der Waals surface area contributed by atoms with Crippen molar-refractivity contribution in [2.24, 2.45) is 0 Å². The molecule has 4 aromatic rings. The van der Waals surface area contributed by atoms with Gasteiger partial charge in [-0.25, -0.2) is 9.67 Å². The molecule has 6 heteroatoms. The van der Waals surface area contributed by atoms with Crippen LogP contribution in [0, 0.1) is 13.8 Å². The maximum Gasteiger partial charge on any atom is 0.143 e. The average Bonchev–Trinajstić information content (AvgIpc) is 3.37. The lowest BCUT2D eigenvalue weighted by Gasteiger charge is -2.13. The third-order valence-electron chi connectivity index (χ3n) is 4.74. The van der Waals surface area contributed by atoms with Crippen molar-refractivity contribution < 1.29 is 4.74 Å². The molecule has 0 fully saturated rings. The van der Waals surface area contributed by atoms with Crippen LogP contribution in [-0.2, 0) is 0 Å². The van der Waals surface area contributed by atoms with Crippen molar-refractivity contribution in [1.82, 2.24) is 19.3 Å². The van der Waals surface area contributed by atoms with E-state index in [1.165, 1.54) is 11.1 Å². The zero-order valence-corrected chi connectivity index (χ0v) is 17.2. The van der Waals surface area contributed by atoms with E-state index >= 15 is 0 Å². The lowest BCUT2D eigenvalue weighted by atomic mass is 10.1. The molecule has 142 valence electrons. The second-order valence-electron chi connectivity index (χ2n) is 6.61. The van der Waals surface area contributed by atoms with Crippen LogP contribution >= 0.6 is 11.8 Å². The van der Waals surface area contributed by atoms with Gasteiger partial charge < -0.3 is 9.30 Å². The average molecular weight is 391 g/mol. The number of nitrogens with zero attached hydrogens (tertiary/aromatic N) is 4. The van der Waals surface area contributed by atoms with E-state index in [1.54, 1.807) is 25.1 Å². The van der Waals surface area contributed by atoms with E-state index in [0.717, 1.165) is 33.4 Å². The molecule has 0 aliphatic heterocycles. The quantitative estimate of drug-likeness (QED) is 0.446. The molecule has 0 radical (unpaired) electrons. The molecule has 0 saturated carbocycles. The van der Waals surface area contributed by atoms with E-state index < -0.39 is 0 Å². The van der Waals surface area contributed by atoms with E-state index in [-0.39, 0.29) is 0 Å². The van der Waals surface area contributed by atoms with Crippen LogP contribution in [0.1, 0.15) is 11.1 Å². The van der Waals surface area contributed by atoms with Crippen LogP contribution in [0.3, 0.4) is 0 Å². The Morgan fingerprint density at radius 3 is 2.46 bits per heavy atom. The van der Waals surface area contributed by atoms with Gasteiger partial charge in [0.05, 0.1) is 24.8 Å². The highest BCUT2D eigenvalue weighted by Gasteiger charge is 2.22. The van der Waals surface area contributed by atoms with Gasteiger partial charge in [-0.05, 0) is 61.6 Å². The molecule has 2 aromatic carbocycles. The number of hydrogen-bond acceptors (Lipinski definition) is 4. The van der Waals surface area contributed by atoms with Crippen LogP contribution in [0.2, 0.25) is 0 Å². The molecule has 0 N–H and O–H groups in total. The maximum absolute atomic E-state index is 5.34. The predicted molar refractivity (Wildman–Crippen MR) is 114 cm³/mol. The summed E-state index contributed by atoms with van der Waals surface area (Å²) in [6.07, 6.45) is 7.61. The summed E-state index contributed by atoms with van der Waals surface area (Å²) in [5.74, 6) is 0.829. The van der Waals surface area contributed by atoms with Gasteiger partial charge in [-0.1, -0.05) is 12.1 Å². The van der Waals surface area contributed by atoms with Gasteiger partial charge >= 0.3 is 0 Å². The number of imidazole rings is 1. The molecule has 2 heterocycles. The highest BCUT2D eigenvalue weighted by atomic mass is 32.2. The van der Waals surface area contributed by atoms with Crippen molar-refractivity contribution in [3.05, 3.63) is 72.3 Å². The first-order valence-corrected chi connectivity index (χ1v) is 10.2. The van der Waals surface area contributed by atoms with Gasteiger partial charge in [0.2, 0.25) is 0 Å². The maximum atomic E-state index is 5.34.